The average Bonchev–Trinajstić information content (AvgIpc) is 2.93. The van der Waals surface area contributed by atoms with Crippen molar-refractivity contribution in [1.82, 2.24) is 0 Å². The molecular weight excluding hydrogens is 306 g/mol. The maximum absolute atomic E-state index is 12.1. The molecule has 0 amide bonds. The lowest BCUT2D eigenvalue weighted by Gasteiger charge is -2.18. The molecule has 1 aliphatic rings. The van der Waals surface area contributed by atoms with Crippen LogP contribution in [0.25, 0.3) is 6.08 Å². The fourth-order valence-electron chi connectivity index (χ4n) is 3.08. The van der Waals surface area contributed by atoms with Crippen LogP contribution in [-0.4, -0.2) is 24.1 Å². The Morgan fingerprint density at radius 3 is 2.71 bits per heavy atom. The molecule has 0 aromatic heterocycles. The minimum Gasteiger partial charge on any atom is -0.481 e. The minimum absolute atomic E-state index is 0.116. The highest BCUT2D eigenvalue weighted by Gasteiger charge is 2.30. The number of nitrogens with one attached hydrogen (secondary N) is 1. The Bertz CT molecular complexity index is 732. The fourth-order valence-corrected chi connectivity index (χ4v) is 3.08. The number of anilines is 1. The van der Waals surface area contributed by atoms with Gasteiger partial charge in [0.15, 0.2) is 0 Å². The van der Waals surface area contributed by atoms with Crippen molar-refractivity contribution >= 4 is 23.7 Å². The third-order valence-corrected chi connectivity index (χ3v) is 4.43. The van der Waals surface area contributed by atoms with Gasteiger partial charge in [-0.2, -0.15) is 0 Å². The highest BCUT2D eigenvalue weighted by atomic mass is 16.5. The molecule has 1 aliphatic heterocycles. The highest BCUT2D eigenvalue weighted by molar-refractivity contribution is 6.01. The number of aliphatic carboxylic acids is 1. The Morgan fingerprint density at radius 2 is 2.12 bits per heavy atom. The molecule has 1 heterocycles. The van der Waals surface area contributed by atoms with Crippen LogP contribution < -0.4 is 5.32 Å². The van der Waals surface area contributed by atoms with Crippen LogP contribution in [0.5, 0.6) is 0 Å². The van der Waals surface area contributed by atoms with Gasteiger partial charge in [-0.05, 0) is 43.4 Å². The maximum Gasteiger partial charge on any atom is 0.341 e. The number of ether oxygens (including phenoxy) is 1. The number of carbonyl (C=O) groups excluding carboxylic acids is 1. The van der Waals surface area contributed by atoms with E-state index in [-0.39, 0.29) is 12.4 Å². The fraction of sp³-hybridized carbons (Fsp3) is 0.368. The van der Waals surface area contributed by atoms with E-state index in [0.29, 0.717) is 25.0 Å². The van der Waals surface area contributed by atoms with Crippen LogP contribution in [0.4, 0.5) is 5.69 Å². The van der Waals surface area contributed by atoms with Gasteiger partial charge in [0.05, 0.1) is 11.3 Å². The smallest absolute Gasteiger partial charge is 0.341 e. The summed E-state index contributed by atoms with van der Waals surface area (Å²) >= 11 is 0. The molecule has 24 heavy (non-hydrogen) atoms. The lowest BCUT2D eigenvalue weighted by molar-refractivity contribution is -0.136. The molecule has 2 rings (SSSR count). The second-order valence-electron chi connectivity index (χ2n) is 5.92. The van der Waals surface area contributed by atoms with Crippen molar-refractivity contribution in [2.75, 3.05) is 12.4 Å². The van der Waals surface area contributed by atoms with E-state index in [1.807, 2.05) is 19.9 Å². The lowest BCUT2D eigenvalue weighted by atomic mass is 9.89. The molecule has 0 fully saturated rings. The Hall–Kier alpha value is -2.56. The second kappa shape index (κ2) is 7.34. The summed E-state index contributed by atoms with van der Waals surface area (Å²) in [5.74, 6) is -1.11. The molecule has 0 saturated heterocycles. The summed E-state index contributed by atoms with van der Waals surface area (Å²) in [5.41, 5.74) is 6.29. The van der Waals surface area contributed by atoms with Crippen LogP contribution in [0.15, 0.2) is 18.2 Å². The second-order valence-corrected chi connectivity index (χ2v) is 5.92. The largest absolute Gasteiger partial charge is 0.481 e. The standard InChI is InChI=1S/C19H23NO4/c1-5-13-12(3)15-10-24-19(23)17(15)18(20-4)14(13)8-6-11(2)7-9-16(21)22/h5-6,20H,1,7-10H2,2-4H3,(H,21,22). The molecule has 128 valence electrons. The van der Waals surface area contributed by atoms with Crippen molar-refractivity contribution in [3.05, 3.63) is 46.0 Å². The third-order valence-electron chi connectivity index (χ3n) is 4.43. The zero-order valence-corrected chi connectivity index (χ0v) is 14.4. The van der Waals surface area contributed by atoms with Crippen molar-refractivity contribution in [2.24, 2.45) is 0 Å². The third kappa shape index (κ3) is 3.35. The first-order chi connectivity index (χ1) is 11.4. The minimum atomic E-state index is -0.804. The van der Waals surface area contributed by atoms with E-state index in [1.54, 1.807) is 13.1 Å². The lowest BCUT2D eigenvalue weighted by Crippen LogP contribution is -2.08. The number of carboxylic acid groups (broad SMARTS) is 1. The Kier molecular flexibility index (Phi) is 5.44. The van der Waals surface area contributed by atoms with E-state index in [9.17, 15) is 9.59 Å². The molecule has 0 bridgehead atoms. The molecule has 5 nitrogen and oxygen atoms in total. The predicted molar refractivity (Wildman–Crippen MR) is 94.3 cm³/mol. The zero-order valence-electron chi connectivity index (χ0n) is 14.4. The number of carbonyl (C=O) groups is 2. The van der Waals surface area contributed by atoms with Gasteiger partial charge in [0.2, 0.25) is 0 Å². The van der Waals surface area contributed by atoms with Gasteiger partial charge in [-0.3, -0.25) is 4.79 Å². The van der Waals surface area contributed by atoms with Crippen LogP contribution in [0.1, 0.15) is 52.4 Å². The van der Waals surface area contributed by atoms with Crippen molar-refractivity contribution in [3.63, 3.8) is 0 Å². The number of rotatable bonds is 7. The van der Waals surface area contributed by atoms with Crippen LogP contribution in [0.3, 0.4) is 0 Å². The molecule has 0 atom stereocenters. The summed E-state index contributed by atoms with van der Waals surface area (Å²) in [4.78, 5) is 22.8. The molecule has 0 spiro atoms. The number of cyclic esters (lactones) is 1. The van der Waals surface area contributed by atoms with E-state index in [1.165, 1.54) is 0 Å². The first-order valence-electron chi connectivity index (χ1n) is 7.93. The Balaban J connectivity index is 2.45. The van der Waals surface area contributed by atoms with Gasteiger partial charge in [0.1, 0.15) is 6.61 Å². The monoisotopic (exact) mass is 329 g/mol. The first kappa shape index (κ1) is 17.8. The number of benzene rings is 1. The number of hydrogen-bond donors (Lipinski definition) is 2. The highest BCUT2D eigenvalue weighted by Crippen LogP contribution is 2.37. The van der Waals surface area contributed by atoms with Gasteiger partial charge in [0.25, 0.3) is 0 Å². The van der Waals surface area contributed by atoms with Gasteiger partial charge >= 0.3 is 11.9 Å². The molecule has 0 radical (unpaired) electrons. The normalized spacial score (nSPS) is 13.5. The molecule has 1 aromatic carbocycles. The summed E-state index contributed by atoms with van der Waals surface area (Å²) in [6, 6.07) is 0. The topological polar surface area (TPSA) is 75.6 Å². The number of esters is 1. The maximum atomic E-state index is 12.1. The molecule has 5 heteroatoms. The van der Waals surface area contributed by atoms with Gasteiger partial charge in [-0.25, -0.2) is 4.79 Å². The Morgan fingerprint density at radius 1 is 1.42 bits per heavy atom. The summed E-state index contributed by atoms with van der Waals surface area (Å²) < 4.78 is 5.20. The first-order valence-corrected chi connectivity index (χ1v) is 7.93. The van der Waals surface area contributed by atoms with Crippen molar-refractivity contribution < 1.29 is 19.4 Å². The van der Waals surface area contributed by atoms with E-state index in [2.05, 4.69) is 11.9 Å². The van der Waals surface area contributed by atoms with Crippen LogP contribution in [0, 0.1) is 6.92 Å². The van der Waals surface area contributed by atoms with E-state index in [4.69, 9.17) is 9.84 Å². The SMILES string of the molecule is C=Cc1c(C)c2c(c(NC)c1CC=C(C)CCC(=O)O)C(=O)OC2. The van der Waals surface area contributed by atoms with Crippen molar-refractivity contribution in [2.45, 2.75) is 39.7 Å². The predicted octanol–water partition coefficient (Wildman–Crippen LogP) is 3.70. The summed E-state index contributed by atoms with van der Waals surface area (Å²) in [5, 5.41) is 11.9. The molecule has 2 N–H and O–H groups in total. The van der Waals surface area contributed by atoms with Gasteiger partial charge in [-0.15, -0.1) is 0 Å². The van der Waals surface area contributed by atoms with Crippen molar-refractivity contribution in [3.8, 4) is 0 Å². The molecule has 1 aromatic rings. The molecule has 0 aliphatic carbocycles. The van der Waals surface area contributed by atoms with E-state index >= 15 is 0 Å². The van der Waals surface area contributed by atoms with Crippen molar-refractivity contribution in [1.29, 1.82) is 0 Å². The number of hydrogen-bond acceptors (Lipinski definition) is 4. The number of allylic oxidation sites excluding steroid dienone is 2. The van der Waals surface area contributed by atoms with Crippen LogP contribution in [0.2, 0.25) is 0 Å². The molecular formula is C19H23NO4. The van der Waals surface area contributed by atoms with Gasteiger partial charge < -0.3 is 15.2 Å². The summed E-state index contributed by atoms with van der Waals surface area (Å²) in [6.45, 7) is 8.10. The summed E-state index contributed by atoms with van der Waals surface area (Å²) in [6.07, 6.45) is 5.04. The summed E-state index contributed by atoms with van der Waals surface area (Å²) in [7, 11) is 1.79. The molecule has 0 unspecified atom stereocenters. The zero-order chi connectivity index (χ0) is 17.9. The number of fused-ring (bicyclic) bond motifs is 1. The molecule has 0 saturated carbocycles. The van der Waals surface area contributed by atoms with E-state index < -0.39 is 5.97 Å². The van der Waals surface area contributed by atoms with Crippen LogP contribution in [-0.2, 0) is 22.6 Å². The Labute approximate surface area is 142 Å². The van der Waals surface area contributed by atoms with Crippen LogP contribution >= 0.6 is 0 Å². The van der Waals surface area contributed by atoms with E-state index in [0.717, 1.165) is 33.5 Å². The van der Waals surface area contributed by atoms with Gasteiger partial charge in [-0.1, -0.05) is 24.3 Å². The number of carboxylic acids is 1. The quantitative estimate of drug-likeness (QED) is 0.589. The average molecular weight is 329 g/mol. The van der Waals surface area contributed by atoms with Gasteiger partial charge in [0, 0.05) is 19.0 Å².